The molecule has 1 heterocycles. The third-order valence-electron chi connectivity index (χ3n) is 3.19. The molecule has 2 N–H and O–H groups in total. The summed E-state index contributed by atoms with van der Waals surface area (Å²) in [7, 11) is 0. The molecule has 1 aliphatic heterocycles. The van der Waals surface area contributed by atoms with E-state index in [2.05, 4.69) is 0 Å². The zero-order valence-electron chi connectivity index (χ0n) is 12.2. The summed E-state index contributed by atoms with van der Waals surface area (Å²) >= 11 is 1.22. The molecule has 2 amide bonds. The van der Waals surface area contributed by atoms with Gasteiger partial charge in [-0.1, -0.05) is 18.2 Å². The van der Waals surface area contributed by atoms with E-state index in [4.69, 9.17) is 10.5 Å². The molecule has 0 bridgehead atoms. The van der Waals surface area contributed by atoms with Crippen LogP contribution in [0, 0.1) is 0 Å². The largest absolute Gasteiger partial charge is 0.465 e. The van der Waals surface area contributed by atoms with Crippen LogP contribution in [0.4, 0.5) is 5.69 Å². The third-order valence-corrected chi connectivity index (χ3v) is 4.51. The number of rotatable bonds is 6. The van der Waals surface area contributed by atoms with E-state index in [1.807, 2.05) is 6.07 Å². The average molecular weight is 322 g/mol. The zero-order valence-corrected chi connectivity index (χ0v) is 13.0. The van der Waals surface area contributed by atoms with Gasteiger partial charge >= 0.3 is 5.97 Å². The highest BCUT2D eigenvalue weighted by atomic mass is 32.2. The number of benzene rings is 1. The van der Waals surface area contributed by atoms with Gasteiger partial charge in [0.2, 0.25) is 11.8 Å². The molecule has 118 valence electrons. The Morgan fingerprint density at radius 1 is 1.41 bits per heavy atom. The number of hydrogen-bond donors (Lipinski definition) is 1. The van der Waals surface area contributed by atoms with Crippen LogP contribution in [0.1, 0.15) is 13.3 Å². The molecule has 1 aliphatic rings. The van der Waals surface area contributed by atoms with Crippen molar-refractivity contribution in [3.63, 3.8) is 0 Å². The van der Waals surface area contributed by atoms with Gasteiger partial charge in [-0.25, -0.2) is 4.90 Å². The van der Waals surface area contributed by atoms with Crippen molar-refractivity contribution in [2.24, 2.45) is 5.73 Å². The number of para-hydroxylation sites is 1. The van der Waals surface area contributed by atoms with Crippen LogP contribution in [0.15, 0.2) is 30.3 Å². The van der Waals surface area contributed by atoms with Gasteiger partial charge < -0.3 is 10.5 Å². The number of anilines is 1. The Morgan fingerprint density at radius 3 is 2.73 bits per heavy atom. The Hall–Kier alpha value is -1.86. The fourth-order valence-corrected chi connectivity index (χ4v) is 3.20. The summed E-state index contributed by atoms with van der Waals surface area (Å²) in [5.41, 5.74) is 6.27. The van der Waals surface area contributed by atoms with Crippen LogP contribution >= 0.6 is 11.8 Å². The number of carbonyl (C=O) groups is 3. The van der Waals surface area contributed by atoms with Crippen LogP contribution in [0.2, 0.25) is 0 Å². The molecule has 22 heavy (non-hydrogen) atoms. The standard InChI is InChI=1S/C15H18N2O4S/c1-2-21-15(20)11(16)9-22-12-8-13(18)17(14(12)19)10-6-4-3-5-7-10/h3-7,11-12H,2,8-9,16H2,1H3/t11-,12-/m1/s1. The number of thioether (sulfide) groups is 1. The van der Waals surface area contributed by atoms with Crippen LogP contribution in [0.3, 0.4) is 0 Å². The highest BCUT2D eigenvalue weighted by molar-refractivity contribution is 8.00. The van der Waals surface area contributed by atoms with Crippen molar-refractivity contribution in [2.45, 2.75) is 24.6 Å². The first-order valence-electron chi connectivity index (χ1n) is 7.00. The minimum absolute atomic E-state index is 0.119. The van der Waals surface area contributed by atoms with Gasteiger partial charge in [-0.05, 0) is 19.1 Å². The van der Waals surface area contributed by atoms with Gasteiger partial charge in [-0.3, -0.25) is 14.4 Å². The van der Waals surface area contributed by atoms with E-state index in [0.29, 0.717) is 5.69 Å². The maximum Gasteiger partial charge on any atom is 0.323 e. The number of carbonyl (C=O) groups excluding carboxylic acids is 3. The van der Waals surface area contributed by atoms with Crippen LogP contribution in [-0.4, -0.2) is 41.4 Å². The number of nitrogens with two attached hydrogens (primary N) is 1. The number of esters is 1. The number of nitrogens with zero attached hydrogens (tertiary/aromatic N) is 1. The predicted octanol–water partition coefficient (Wildman–Crippen LogP) is 0.942. The van der Waals surface area contributed by atoms with Crippen molar-refractivity contribution >= 4 is 35.2 Å². The topological polar surface area (TPSA) is 89.7 Å². The van der Waals surface area contributed by atoms with E-state index in [1.54, 1.807) is 31.2 Å². The normalized spacial score (nSPS) is 19.4. The summed E-state index contributed by atoms with van der Waals surface area (Å²) in [6.07, 6.45) is 0.119. The van der Waals surface area contributed by atoms with E-state index in [-0.39, 0.29) is 30.6 Å². The maximum absolute atomic E-state index is 12.4. The van der Waals surface area contributed by atoms with Gasteiger partial charge in [0.15, 0.2) is 0 Å². The minimum Gasteiger partial charge on any atom is -0.465 e. The summed E-state index contributed by atoms with van der Waals surface area (Å²) in [4.78, 5) is 37.0. The maximum atomic E-state index is 12.4. The molecule has 1 aromatic carbocycles. The lowest BCUT2D eigenvalue weighted by Gasteiger charge is -2.15. The Morgan fingerprint density at radius 2 is 2.09 bits per heavy atom. The van der Waals surface area contributed by atoms with Crippen LogP contribution in [-0.2, 0) is 19.1 Å². The first-order valence-corrected chi connectivity index (χ1v) is 8.05. The summed E-state index contributed by atoms with van der Waals surface area (Å²) < 4.78 is 4.82. The smallest absolute Gasteiger partial charge is 0.323 e. The lowest BCUT2D eigenvalue weighted by atomic mass is 10.3. The highest BCUT2D eigenvalue weighted by Crippen LogP contribution is 2.29. The van der Waals surface area contributed by atoms with Gasteiger partial charge in [0, 0.05) is 12.2 Å². The third kappa shape index (κ3) is 3.66. The first kappa shape index (κ1) is 16.5. The second-order valence-electron chi connectivity index (χ2n) is 4.79. The first-order chi connectivity index (χ1) is 10.5. The SMILES string of the molecule is CCOC(=O)[C@H](N)CS[C@@H]1CC(=O)N(c2ccccc2)C1=O. The minimum atomic E-state index is -0.793. The number of ether oxygens (including phenoxy) is 1. The number of hydrogen-bond acceptors (Lipinski definition) is 6. The Balaban J connectivity index is 1.96. The molecule has 0 aliphatic carbocycles. The van der Waals surface area contributed by atoms with Crippen LogP contribution < -0.4 is 10.6 Å². The molecule has 1 saturated heterocycles. The van der Waals surface area contributed by atoms with Gasteiger partial charge in [-0.2, -0.15) is 0 Å². The zero-order chi connectivity index (χ0) is 16.1. The molecule has 1 fully saturated rings. The molecule has 6 nitrogen and oxygen atoms in total. The average Bonchev–Trinajstić information content (AvgIpc) is 2.80. The van der Waals surface area contributed by atoms with Crippen molar-refractivity contribution in [1.82, 2.24) is 0 Å². The second-order valence-corrected chi connectivity index (χ2v) is 6.02. The molecule has 0 saturated carbocycles. The van der Waals surface area contributed by atoms with Crippen molar-refractivity contribution in [1.29, 1.82) is 0 Å². The molecular weight excluding hydrogens is 304 g/mol. The molecule has 1 aromatic rings. The quantitative estimate of drug-likeness (QED) is 0.619. The number of imide groups is 1. The second kappa shape index (κ2) is 7.42. The van der Waals surface area contributed by atoms with Crippen molar-refractivity contribution in [3.05, 3.63) is 30.3 Å². The molecular formula is C15H18N2O4S. The highest BCUT2D eigenvalue weighted by Gasteiger charge is 2.40. The summed E-state index contributed by atoms with van der Waals surface area (Å²) in [6, 6.07) is 8.00. The predicted molar refractivity (Wildman–Crippen MR) is 84.4 cm³/mol. The molecule has 0 unspecified atom stereocenters. The molecule has 7 heteroatoms. The Labute approximate surface area is 133 Å². The molecule has 0 radical (unpaired) electrons. The van der Waals surface area contributed by atoms with Crippen molar-refractivity contribution < 1.29 is 19.1 Å². The van der Waals surface area contributed by atoms with E-state index >= 15 is 0 Å². The molecule has 0 aromatic heterocycles. The van der Waals surface area contributed by atoms with Gasteiger partial charge in [0.1, 0.15) is 6.04 Å². The van der Waals surface area contributed by atoms with E-state index < -0.39 is 17.3 Å². The van der Waals surface area contributed by atoms with Crippen LogP contribution in [0.25, 0.3) is 0 Å². The van der Waals surface area contributed by atoms with Crippen LogP contribution in [0.5, 0.6) is 0 Å². The van der Waals surface area contributed by atoms with E-state index in [9.17, 15) is 14.4 Å². The lowest BCUT2D eigenvalue weighted by Crippen LogP contribution is -2.36. The summed E-state index contributed by atoms with van der Waals surface area (Å²) in [5.74, 6) is -0.757. The molecule has 2 rings (SSSR count). The van der Waals surface area contributed by atoms with Gasteiger partial charge in [0.25, 0.3) is 0 Å². The Bertz CT molecular complexity index is 564. The van der Waals surface area contributed by atoms with Crippen molar-refractivity contribution in [2.75, 3.05) is 17.3 Å². The summed E-state index contributed by atoms with van der Waals surface area (Å²) in [6.45, 7) is 1.97. The lowest BCUT2D eigenvalue weighted by molar-refractivity contribution is -0.144. The van der Waals surface area contributed by atoms with Crippen molar-refractivity contribution in [3.8, 4) is 0 Å². The molecule has 2 atom stereocenters. The fraction of sp³-hybridized carbons (Fsp3) is 0.400. The number of amides is 2. The monoisotopic (exact) mass is 322 g/mol. The molecule has 0 spiro atoms. The Kier molecular flexibility index (Phi) is 5.57. The fourth-order valence-electron chi connectivity index (χ4n) is 2.12. The van der Waals surface area contributed by atoms with E-state index in [0.717, 1.165) is 0 Å². The van der Waals surface area contributed by atoms with Gasteiger partial charge in [0.05, 0.1) is 17.5 Å². The van der Waals surface area contributed by atoms with E-state index in [1.165, 1.54) is 16.7 Å². The van der Waals surface area contributed by atoms with Gasteiger partial charge in [-0.15, -0.1) is 11.8 Å². The summed E-state index contributed by atoms with van der Waals surface area (Å²) in [5, 5.41) is -0.506.